The number of aliphatic hydroxyl groups is 1. The fourth-order valence-electron chi connectivity index (χ4n) is 3.07. The van der Waals surface area contributed by atoms with Gasteiger partial charge in [0, 0.05) is 31.6 Å². The van der Waals surface area contributed by atoms with Crippen LogP contribution in [0.2, 0.25) is 5.02 Å². The van der Waals surface area contributed by atoms with Crippen LogP contribution < -0.4 is 5.32 Å². The highest BCUT2D eigenvalue weighted by molar-refractivity contribution is 6.31. The molecule has 0 unspecified atom stereocenters. The van der Waals surface area contributed by atoms with Crippen LogP contribution in [0.5, 0.6) is 0 Å². The second-order valence-corrected chi connectivity index (χ2v) is 7.10. The molecule has 2 amide bonds. The van der Waals surface area contributed by atoms with Crippen molar-refractivity contribution in [1.82, 2.24) is 9.88 Å². The van der Waals surface area contributed by atoms with Crippen molar-refractivity contribution in [1.29, 1.82) is 0 Å². The molecule has 2 N–H and O–H groups in total. The summed E-state index contributed by atoms with van der Waals surface area (Å²) in [4.78, 5) is 17.9. The molecule has 0 aliphatic carbocycles. The average Bonchev–Trinajstić information content (AvgIpc) is 2.67. The Morgan fingerprint density at radius 3 is 2.63 bits per heavy atom. The molecule has 0 spiro atoms. The minimum absolute atomic E-state index is 0.0998. The normalized spacial score (nSPS) is 14.5. The van der Waals surface area contributed by atoms with E-state index in [0.29, 0.717) is 24.0 Å². The molecular formula is C20H18ClF4N3O2. The maximum Gasteiger partial charge on any atom is 0.417 e. The first kappa shape index (κ1) is 22.0. The van der Waals surface area contributed by atoms with Crippen LogP contribution in [-0.2, 0) is 12.6 Å². The molecule has 0 bridgehead atoms. The zero-order valence-corrected chi connectivity index (χ0v) is 16.4. The number of aromatic nitrogens is 1. The Hall–Kier alpha value is -2.65. The molecule has 0 radical (unpaired) electrons. The summed E-state index contributed by atoms with van der Waals surface area (Å²) in [6.07, 6.45) is -0.717. The third-order valence-corrected chi connectivity index (χ3v) is 4.94. The van der Waals surface area contributed by atoms with Crippen LogP contribution >= 0.6 is 11.6 Å². The number of pyridine rings is 1. The Balaban J connectivity index is 1.65. The van der Waals surface area contributed by atoms with E-state index in [0.717, 1.165) is 18.2 Å². The van der Waals surface area contributed by atoms with E-state index in [1.165, 1.54) is 17.2 Å². The number of nitrogens with one attached hydrogen (secondary N) is 1. The lowest BCUT2D eigenvalue weighted by Crippen LogP contribution is -2.38. The molecule has 0 fully saturated rings. The van der Waals surface area contributed by atoms with Crippen LogP contribution in [0.1, 0.15) is 23.2 Å². The van der Waals surface area contributed by atoms with E-state index in [2.05, 4.69) is 10.3 Å². The molecule has 10 heteroatoms. The van der Waals surface area contributed by atoms with Crippen molar-refractivity contribution in [3.63, 3.8) is 0 Å². The lowest BCUT2D eigenvalue weighted by Gasteiger charge is -2.26. The van der Waals surface area contributed by atoms with E-state index in [-0.39, 0.29) is 31.1 Å². The van der Waals surface area contributed by atoms with Crippen LogP contribution in [0.15, 0.2) is 36.5 Å². The van der Waals surface area contributed by atoms with Gasteiger partial charge in [-0.05, 0) is 48.2 Å². The Bertz CT molecular complexity index is 979. The van der Waals surface area contributed by atoms with Gasteiger partial charge in [0.2, 0.25) is 0 Å². The summed E-state index contributed by atoms with van der Waals surface area (Å²) in [5.41, 5.74) is 0.606. The Kier molecular flexibility index (Phi) is 6.62. The highest BCUT2D eigenvalue weighted by Crippen LogP contribution is 2.36. The molecule has 2 aromatic rings. The second kappa shape index (κ2) is 9.01. The SMILES string of the molecule is O=C(Nc1ccc(C(F)(F)F)c(Cl)c1)N1CC=C(c2ncc(CCO)cc2F)CC1. The summed E-state index contributed by atoms with van der Waals surface area (Å²) in [6.45, 7) is 0.373. The summed E-state index contributed by atoms with van der Waals surface area (Å²) in [5, 5.41) is 10.9. The fraction of sp³-hybridized carbons (Fsp3) is 0.300. The van der Waals surface area contributed by atoms with E-state index in [1.54, 1.807) is 6.08 Å². The number of nitrogens with zero attached hydrogens (tertiary/aromatic N) is 2. The highest BCUT2D eigenvalue weighted by Gasteiger charge is 2.33. The van der Waals surface area contributed by atoms with Gasteiger partial charge in [-0.25, -0.2) is 9.18 Å². The lowest BCUT2D eigenvalue weighted by molar-refractivity contribution is -0.137. The highest BCUT2D eigenvalue weighted by atomic mass is 35.5. The molecule has 1 aromatic heterocycles. The minimum Gasteiger partial charge on any atom is -0.396 e. The molecule has 0 saturated carbocycles. The van der Waals surface area contributed by atoms with Gasteiger partial charge in [0.25, 0.3) is 0 Å². The predicted octanol–water partition coefficient (Wildman–Crippen LogP) is 4.75. The largest absolute Gasteiger partial charge is 0.417 e. The van der Waals surface area contributed by atoms with Gasteiger partial charge in [0.15, 0.2) is 0 Å². The molecule has 3 rings (SSSR count). The summed E-state index contributed by atoms with van der Waals surface area (Å²) in [6, 6.07) is 3.80. The maximum absolute atomic E-state index is 14.3. The van der Waals surface area contributed by atoms with Crippen LogP contribution in [0.25, 0.3) is 5.57 Å². The third-order valence-electron chi connectivity index (χ3n) is 4.62. The standard InChI is InChI=1S/C20H18ClF4N3O2/c21-16-10-14(1-2-15(16)20(23,24)25)27-19(30)28-6-3-13(4-7-28)18-17(22)9-12(5-8-29)11-26-18/h1-3,9-11,29H,4-8H2,(H,27,30). The van der Waals surface area contributed by atoms with Gasteiger partial charge in [-0.1, -0.05) is 17.7 Å². The number of alkyl halides is 3. The number of benzene rings is 1. The summed E-state index contributed by atoms with van der Waals surface area (Å²) < 4.78 is 52.6. The molecule has 2 heterocycles. The van der Waals surface area contributed by atoms with Crippen LogP contribution in [0.3, 0.4) is 0 Å². The van der Waals surface area contributed by atoms with Crippen molar-refractivity contribution < 1.29 is 27.5 Å². The average molecular weight is 444 g/mol. The van der Waals surface area contributed by atoms with Crippen molar-refractivity contribution in [2.75, 3.05) is 25.0 Å². The zero-order valence-electron chi connectivity index (χ0n) is 15.6. The summed E-state index contributed by atoms with van der Waals surface area (Å²) >= 11 is 5.67. The Labute approximate surface area is 175 Å². The van der Waals surface area contributed by atoms with Crippen LogP contribution in [0, 0.1) is 5.82 Å². The van der Waals surface area contributed by atoms with Crippen LogP contribution in [0.4, 0.5) is 28.0 Å². The van der Waals surface area contributed by atoms with Crippen LogP contribution in [-0.4, -0.2) is 40.7 Å². The van der Waals surface area contributed by atoms with Gasteiger partial charge < -0.3 is 15.3 Å². The van der Waals surface area contributed by atoms with Gasteiger partial charge in [0.1, 0.15) is 11.5 Å². The van der Waals surface area contributed by atoms with E-state index in [4.69, 9.17) is 16.7 Å². The van der Waals surface area contributed by atoms with Crippen molar-refractivity contribution >= 4 is 28.9 Å². The van der Waals surface area contributed by atoms with Gasteiger partial charge in [-0.15, -0.1) is 0 Å². The van der Waals surface area contributed by atoms with Crippen molar-refractivity contribution in [2.24, 2.45) is 0 Å². The summed E-state index contributed by atoms with van der Waals surface area (Å²) in [5.74, 6) is -0.496. The molecule has 5 nitrogen and oxygen atoms in total. The molecular weight excluding hydrogens is 426 g/mol. The monoisotopic (exact) mass is 443 g/mol. The number of carbonyl (C=O) groups is 1. The number of hydrogen-bond donors (Lipinski definition) is 2. The molecule has 1 aromatic carbocycles. The quantitative estimate of drug-likeness (QED) is 0.670. The van der Waals surface area contributed by atoms with E-state index in [1.807, 2.05) is 0 Å². The first-order valence-corrected chi connectivity index (χ1v) is 9.44. The number of anilines is 1. The molecule has 0 saturated heterocycles. The minimum atomic E-state index is -4.58. The number of rotatable bonds is 4. The molecule has 160 valence electrons. The fourth-order valence-corrected chi connectivity index (χ4v) is 3.36. The molecule has 1 aliphatic rings. The molecule has 0 atom stereocenters. The second-order valence-electron chi connectivity index (χ2n) is 6.70. The van der Waals surface area contributed by atoms with Crippen molar-refractivity contribution in [2.45, 2.75) is 19.0 Å². The smallest absolute Gasteiger partial charge is 0.396 e. The molecule has 1 aliphatic heterocycles. The van der Waals surface area contributed by atoms with Gasteiger partial charge in [0.05, 0.1) is 10.6 Å². The predicted molar refractivity (Wildman–Crippen MR) is 105 cm³/mol. The first-order chi connectivity index (χ1) is 14.2. The van der Waals surface area contributed by atoms with E-state index in [9.17, 15) is 22.4 Å². The summed E-state index contributed by atoms with van der Waals surface area (Å²) in [7, 11) is 0. The van der Waals surface area contributed by atoms with E-state index < -0.39 is 28.6 Å². The van der Waals surface area contributed by atoms with Gasteiger partial charge in [-0.2, -0.15) is 13.2 Å². The van der Waals surface area contributed by atoms with E-state index >= 15 is 0 Å². The molecule has 30 heavy (non-hydrogen) atoms. The van der Waals surface area contributed by atoms with Gasteiger partial charge in [-0.3, -0.25) is 4.98 Å². The lowest BCUT2D eigenvalue weighted by atomic mass is 10.0. The maximum atomic E-state index is 14.3. The first-order valence-electron chi connectivity index (χ1n) is 9.06. The van der Waals surface area contributed by atoms with Crippen molar-refractivity contribution in [3.05, 3.63) is 64.2 Å². The van der Waals surface area contributed by atoms with Gasteiger partial charge >= 0.3 is 12.2 Å². The van der Waals surface area contributed by atoms with Crippen molar-refractivity contribution in [3.8, 4) is 0 Å². The zero-order chi connectivity index (χ0) is 21.9. The number of carbonyl (C=O) groups excluding carboxylic acids is 1. The number of urea groups is 1. The third kappa shape index (κ3) is 5.09. The Morgan fingerprint density at radius 2 is 2.07 bits per heavy atom. The number of hydrogen-bond acceptors (Lipinski definition) is 3. The number of amides is 2. The topological polar surface area (TPSA) is 65.5 Å². The number of aliphatic hydroxyl groups excluding tert-OH is 1. The Morgan fingerprint density at radius 1 is 1.30 bits per heavy atom. The number of halogens is 5.